The van der Waals surface area contributed by atoms with E-state index in [4.69, 9.17) is 0 Å². The van der Waals surface area contributed by atoms with Crippen LogP contribution < -0.4 is 20.7 Å². The number of likely N-dealkylation sites (N-methyl/N-ethyl adjacent to an activating group) is 1. The predicted molar refractivity (Wildman–Crippen MR) is 212 cm³/mol. The first-order valence-corrected chi connectivity index (χ1v) is 19.8. The van der Waals surface area contributed by atoms with Gasteiger partial charge in [0.1, 0.15) is 17.4 Å². The highest BCUT2D eigenvalue weighted by molar-refractivity contribution is 5.99. The number of carbonyl (C=O) groups is 2. The second-order valence-electron chi connectivity index (χ2n) is 16.2. The van der Waals surface area contributed by atoms with Crippen molar-refractivity contribution in [3.05, 3.63) is 93.5 Å². The van der Waals surface area contributed by atoms with E-state index < -0.39 is 11.9 Å². The molecule has 0 aliphatic carbocycles. The molecule has 3 atom stereocenters. The molecule has 8 rings (SSSR count). The Morgan fingerprint density at radius 3 is 2.27 bits per heavy atom. The largest absolute Gasteiger partial charge is 0.371 e. The van der Waals surface area contributed by atoms with Crippen molar-refractivity contribution in [2.75, 3.05) is 82.8 Å². The maximum Gasteiger partial charge on any atom is 0.278 e. The summed E-state index contributed by atoms with van der Waals surface area (Å²) in [5, 5.41) is 11.0. The van der Waals surface area contributed by atoms with Crippen LogP contribution in [0.15, 0.2) is 65.5 Å². The molecule has 55 heavy (non-hydrogen) atoms. The van der Waals surface area contributed by atoms with E-state index in [1.807, 2.05) is 31.2 Å². The molecular weight excluding hydrogens is 698 g/mol. The number of nitrogens with zero attached hydrogens (tertiary/aromatic N) is 8. The molecule has 4 aliphatic rings. The van der Waals surface area contributed by atoms with Gasteiger partial charge < -0.3 is 14.7 Å². The van der Waals surface area contributed by atoms with Gasteiger partial charge in [-0.25, -0.2) is 4.39 Å². The first-order valence-electron chi connectivity index (χ1n) is 19.8. The number of aromatic nitrogens is 3. The quantitative estimate of drug-likeness (QED) is 0.254. The molecule has 1 N–H and O–H groups in total. The topological polar surface area (TPSA) is 110 Å². The van der Waals surface area contributed by atoms with Crippen molar-refractivity contribution in [3.8, 4) is 0 Å². The molecule has 4 fully saturated rings. The number of piperazine rings is 1. The van der Waals surface area contributed by atoms with Crippen molar-refractivity contribution in [1.29, 1.82) is 0 Å². The van der Waals surface area contributed by atoms with Crippen molar-refractivity contribution in [2.24, 2.45) is 5.92 Å². The third kappa shape index (κ3) is 7.87. The summed E-state index contributed by atoms with van der Waals surface area (Å²) in [4.78, 5) is 49.6. The van der Waals surface area contributed by atoms with Crippen LogP contribution >= 0.6 is 0 Å². The summed E-state index contributed by atoms with van der Waals surface area (Å²) in [6.07, 6.45) is 2.57. The van der Waals surface area contributed by atoms with Crippen LogP contribution in [0.3, 0.4) is 0 Å². The summed E-state index contributed by atoms with van der Waals surface area (Å²) < 4.78 is 15.8. The summed E-state index contributed by atoms with van der Waals surface area (Å²) in [6, 6.07) is 19.8. The number of aryl methyl sites for hydroxylation is 1. The lowest BCUT2D eigenvalue weighted by atomic mass is 9.93. The van der Waals surface area contributed by atoms with E-state index in [0.29, 0.717) is 35.3 Å². The molecule has 0 spiro atoms. The molecule has 1 unspecified atom stereocenters. The predicted octanol–water partition coefficient (Wildman–Crippen LogP) is 3.78. The zero-order valence-corrected chi connectivity index (χ0v) is 32.2. The Morgan fingerprint density at radius 2 is 1.56 bits per heavy atom. The summed E-state index contributed by atoms with van der Waals surface area (Å²) in [5.41, 5.74) is 5.56. The number of hydrogen-bond acceptors (Lipinski definition) is 10. The molecule has 4 saturated heterocycles. The minimum atomic E-state index is -0.835. The lowest BCUT2D eigenvalue weighted by Crippen LogP contribution is -2.49. The number of likely N-dealkylation sites (tertiary alicyclic amines) is 1. The van der Waals surface area contributed by atoms with Crippen molar-refractivity contribution >= 4 is 34.1 Å². The van der Waals surface area contributed by atoms with Crippen LogP contribution in [0.25, 0.3) is 10.9 Å². The third-order valence-electron chi connectivity index (χ3n) is 12.5. The molecule has 290 valence electrons. The van der Waals surface area contributed by atoms with Crippen LogP contribution in [0.5, 0.6) is 0 Å². The van der Waals surface area contributed by atoms with Crippen molar-refractivity contribution in [1.82, 2.24) is 35.0 Å². The molecule has 1 aromatic heterocycles. The van der Waals surface area contributed by atoms with Crippen molar-refractivity contribution in [2.45, 2.75) is 57.2 Å². The molecule has 0 radical (unpaired) electrons. The van der Waals surface area contributed by atoms with Crippen LogP contribution in [-0.2, 0) is 16.1 Å². The molecule has 4 aliphatic heterocycles. The molecule has 5 heterocycles. The zero-order chi connectivity index (χ0) is 38.2. The Hall–Kier alpha value is -4.72. The number of fused-ring (bicyclic) bond motifs is 1. The van der Waals surface area contributed by atoms with Gasteiger partial charge in [0.2, 0.25) is 5.91 Å². The first kappa shape index (κ1) is 37.2. The van der Waals surface area contributed by atoms with E-state index in [-0.39, 0.29) is 30.1 Å². The SMILES string of the molecule is Cc1cccc(F)c1CN1C[C@H](c2ccc(N3CCN(CC4CCN(c5ccc6nnn(C7CCC(=O)NC7=O)c(=O)c6c5)CC4)CC3)cc2)[C@@H](N(C)C)C1. The Morgan fingerprint density at radius 1 is 0.836 bits per heavy atom. The zero-order valence-electron chi connectivity index (χ0n) is 32.2. The van der Waals surface area contributed by atoms with Gasteiger partial charge in [0.05, 0.1) is 5.39 Å². The molecule has 0 saturated carbocycles. The smallest absolute Gasteiger partial charge is 0.278 e. The standard InChI is InChI=1S/C42H52FN9O3/c1-28-5-4-6-36(43)34(28)25-49-26-35(39(27-49)47(2)3)30-7-9-31(10-8-30)51-21-19-48(20-22-51)24-29-15-17-50(18-16-29)32-11-12-37-33(23-32)42(55)52(46-45-37)38-13-14-40(53)44-41(38)54/h4-12,23,29,35,38-39H,13-22,24-27H2,1-3H3,(H,44,53,54)/t35-,38?,39+/m1/s1. The molecular formula is C42H52FN9O3. The lowest BCUT2D eigenvalue weighted by Gasteiger charge is -2.40. The van der Waals surface area contributed by atoms with Crippen LogP contribution in [0.1, 0.15) is 54.3 Å². The maximum atomic E-state index is 14.7. The minimum absolute atomic E-state index is 0.112. The van der Waals surface area contributed by atoms with Gasteiger partial charge in [-0.3, -0.25) is 29.5 Å². The number of benzene rings is 3. The van der Waals surface area contributed by atoms with Gasteiger partial charge in [-0.15, -0.1) is 5.10 Å². The number of imide groups is 1. The number of piperidine rings is 2. The second kappa shape index (κ2) is 15.8. The number of halogens is 1. The van der Waals surface area contributed by atoms with Crippen LogP contribution in [-0.4, -0.2) is 121 Å². The Bertz CT molecular complexity index is 2070. The van der Waals surface area contributed by atoms with Crippen LogP contribution in [0.4, 0.5) is 15.8 Å². The van der Waals surface area contributed by atoms with Gasteiger partial charge in [0.25, 0.3) is 11.5 Å². The Kier molecular flexibility index (Phi) is 10.7. The fourth-order valence-electron chi connectivity index (χ4n) is 9.16. The van der Waals surface area contributed by atoms with E-state index in [1.54, 1.807) is 12.1 Å². The Labute approximate surface area is 321 Å². The highest BCUT2D eigenvalue weighted by Gasteiger charge is 2.36. The van der Waals surface area contributed by atoms with Gasteiger partial charge in [-0.05, 0) is 93.7 Å². The number of nitrogens with one attached hydrogen (secondary N) is 1. The van der Waals surface area contributed by atoms with E-state index in [2.05, 4.69) is 78.5 Å². The minimum Gasteiger partial charge on any atom is -0.371 e. The van der Waals surface area contributed by atoms with Gasteiger partial charge in [-0.1, -0.05) is 29.5 Å². The fourth-order valence-corrected chi connectivity index (χ4v) is 9.16. The highest BCUT2D eigenvalue weighted by atomic mass is 19.1. The number of hydrogen-bond donors (Lipinski definition) is 1. The summed E-state index contributed by atoms with van der Waals surface area (Å²) >= 11 is 0. The van der Waals surface area contributed by atoms with Crippen molar-refractivity contribution in [3.63, 3.8) is 0 Å². The monoisotopic (exact) mass is 749 g/mol. The number of amides is 2. The van der Waals surface area contributed by atoms with Crippen LogP contribution in [0, 0.1) is 18.7 Å². The van der Waals surface area contributed by atoms with Gasteiger partial charge >= 0.3 is 0 Å². The highest BCUT2D eigenvalue weighted by Crippen LogP contribution is 2.33. The number of anilines is 2. The van der Waals surface area contributed by atoms with E-state index in [0.717, 1.165) is 93.2 Å². The molecule has 0 bridgehead atoms. The van der Waals surface area contributed by atoms with Gasteiger partial charge in [-0.2, -0.15) is 4.68 Å². The normalized spacial score (nSPS) is 23.3. The lowest BCUT2D eigenvalue weighted by molar-refractivity contribution is -0.136. The molecule has 2 amide bonds. The summed E-state index contributed by atoms with van der Waals surface area (Å²) in [6.45, 7) is 11.5. The van der Waals surface area contributed by atoms with E-state index >= 15 is 0 Å². The average Bonchev–Trinajstić information content (AvgIpc) is 3.62. The third-order valence-corrected chi connectivity index (χ3v) is 12.5. The summed E-state index contributed by atoms with van der Waals surface area (Å²) in [7, 11) is 4.31. The van der Waals surface area contributed by atoms with Crippen molar-refractivity contribution < 1.29 is 14.0 Å². The van der Waals surface area contributed by atoms with Gasteiger partial charge in [0.15, 0.2) is 0 Å². The molecule has 4 aromatic rings. The number of rotatable bonds is 9. The first-order chi connectivity index (χ1) is 26.6. The van der Waals surface area contributed by atoms with Gasteiger partial charge in [0, 0.05) is 101 Å². The molecule has 12 nitrogen and oxygen atoms in total. The Balaban J connectivity index is 0.825. The van der Waals surface area contributed by atoms with E-state index in [1.165, 1.54) is 11.3 Å². The number of carbonyl (C=O) groups excluding carboxylic acids is 2. The second-order valence-corrected chi connectivity index (χ2v) is 16.2. The molecule has 3 aromatic carbocycles. The molecule has 13 heteroatoms. The van der Waals surface area contributed by atoms with E-state index in [9.17, 15) is 18.8 Å². The summed E-state index contributed by atoms with van der Waals surface area (Å²) in [5.74, 6) is 0.0335. The average molecular weight is 750 g/mol. The fraction of sp³-hybridized carbons (Fsp3) is 0.500. The maximum absolute atomic E-state index is 14.7. The van der Waals surface area contributed by atoms with Crippen LogP contribution in [0.2, 0.25) is 0 Å².